The van der Waals surface area contributed by atoms with E-state index >= 15 is 0 Å². The monoisotopic (exact) mass is 251 g/mol. The summed E-state index contributed by atoms with van der Waals surface area (Å²) in [6.45, 7) is 1.03. The predicted molar refractivity (Wildman–Crippen MR) is 69.8 cm³/mol. The van der Waals surface area contributed by atoms with E-state index < -0.39 is 0 Å². The molecule has 0 amide bonds. The van der Waals surface area contributed by atoms with E-state index in [1.165, 1.54) is 12.8 Å². The van der Waals surface area contributed by atoms with E-state index in [2.05, 4.69) is 9.97 Å². The molecule has 5 heteroatoms. The highest BCUT2D eigenvalue weighted by Crippen LogP contribution is 2.39. The van der Waals surface area contributed by atoms with Gasteiger partial charge in [-0.1, -0.05) is 12.8 Å². The van der Waals surface area contributed by atoms with Crippen molar-refractivity contribution in [2.45, 2.75) is 25.7 Å². The molecule has 0 atom stereocenters. The molecule has 1 aromatic rings. The van der Waals surface area contributed by atoms with Crippen molar-refractivity contribution in [3.63, 3.8) is 0 Å². The zero-order valence-corrected chi connectivity index (χ0v) is 11.1. The van der Waals surface area contributed by atoms with E-state index in [0.717, 1.165) is 25.2 Å². The summed E-state index contributed by atoms with van der Waals surface area (Å²) in [5.41, 5.74) is 0.0112. The number of ether oxygens (including phenoxy) is 1. The zero-order valence-electron chi connectivity index (χ0n) is 11.1. The molecule has 1 aromatic heterocycles. The average Bonchev–Trinajstić information content (AvgIpc) is 2.87. The van der Waals surface area contributed by atoms with Crippen LogP contribution in [0.15, 0.2) is 12.4 Å². The van der Waals surface area contributed by atoms with Crippen LogP contribution in [0, 0.1) is 5.41 Å². The summed E-state index contributed by atoms with van der Waals surface area (Å²) >= 11 is 0. The lowest BCUT2D eigenvalue weighted by atomic mass is 9.87. The first kappa shape index (κ1) is 13.1. The smallest absolute Gasteiger partial charge is 0.257 e. The number of hydrogen-bond donors (Lipinski definition) is 1. The second-order valence-electron chi connectivity index (χ2n) is 5.11. The molecule has 18 heavy (non-hydrogen) atoms. The summed E-state index contributed by atoms with van der Waals surface area (Å²) in [5, 5.41) is 9.64. The van der Waals surface area contributed by atoms with Crippen LogP contribution in [-0.4, -0.2) is 42.4 Å². The number of anilines is 1. The van der Waals surface area contributed by atoms with E-state index in [1.54, 1.807) is 19.5 Å². The maximum absolute atomic E-state index is 9.64. The van der Waals surface area contributed by atoms with Gasteiger partial charge in [-0.15, -0.1) is 0 Å². The van der Waals surface area contributed by atoms with Gasteiger partial charge >= 0.3 is 0 Å². The lowest BCUT2D eigenvalue weighted by Gasteiger charge is -2.32. The third kappa shape index (κ3) is 2.56. The normalized spacial score (nSPS) is 17.7. The maximum atomic E-state index is 9.64. The molecule has 0 aromatic carbocycles. The molecule has 0 unspecified atom stereocenters. The number of aliphatic hydroxyl groups is 1. The van der Waals surface area contributed by atoms with Gasteiger partial charge in [0.15, 0.2) is 5.82 Å². The van der Waals surface area contributed by atoms with Crippen molar-refractivity contribution in [1.82, 2.24) is 9.97 Å². The van der Waals surface area contributed by atoms with Gasteiger partial charge in [0, 0.05) is 31.4 Å². The third-order valence-corrected chi connectivity index (χ3v) is 3.77. The van der Waals surface area contributed by atoms with Gasteiger partial charge in [0.25, 0.3) is 5.88 Å². The van der Waals surface area contributed by atoms with Gasteiger partial charge in [-0.2, -0.15) is 0 Å². The highest BCUT2D eigenvalue weighted by Gasteiger charge is 2.35. The summed E-state index contributed by atoms with van der Waals surface area (Å²) in [5.74, 6) is 1.27. The largest absolute Gasteiger partial charge is 0.478 e. The topological polar surface area (TPSA) is 58.5 Å². The Kier molecular flexibility index (Phi) is 4.01. The fourth-order valence-corrected chi connectivity index (χ4v) is 2.79. The number of hydrogen-bond acceptors (Lipinski definition) is 5. The first-order valence-corrected chi connectivity index (χ1v) is 6.38. The highest BCUT2D eigenvalue weighted by molar-refractivity contribution is 5.47. The third-order valence-electron chi connectivity index (χ3n) is 3.77. The Morgan fingerprint density at radius 2 is 2.00 bits per heavy atom. The average molecular weight is 251 g/mol. The SMILES string of the molecule is COc1nccnc1N(C)CC1(CO)CCCC1. The Hall–Kier alpha value is -1.36. The number of methoxy groups -OCH3 is 1. The molecular weight excluding hydrogens is 230 g/mol. The summed E-state index contributed by atoms with van der Waals surface area (Å²) in [6, 6.07) is 0. The molecule has 0 saturated heterocycles. The van der Waals surface area contributed by atoms with Gasteiger partial charge in [0.1, 0.15) is 0 Å². The second kappa shape index (κ2) is 5.52. The van der Waals surface area contributed by atoms with Crippen LogP contribution in [0.25, 0.3) is 0 Å². The maximum Gasteiger partial charge on any atom is 0.257 e. The van der Waals surface area contributed by atoms with E-state index in [4.69, 9.17) is 4.74 Å². The zero-order chi connectivity index (χ0) is 13.0. The van der Waals surface area contributed by atoms with Crippen LogP contribution in [0.3, 0.4) is 0 Å². The van der Waals surface area contributed by atoms with Crippen molar-refractivity contribution in [2.24, 2.45) is 5.41 Å². The number of rotatable bonds is 5. The van der Waals surface area contributed by atoms with Crippen molar-refractivity contribution in [3.8, 4) is 5.88 Å². The van der Waals surface area contributed by atoms with Gasteiger partial charge < -0.3 is 14.7 Å². The van der Waals surface area contributed by atoms with Crippen LogP contribution in [0.2, 0.25) is 0 Å². The van der Waals surface area contributed by atoms with Gasteiger partial charge in [0.2, 0.25) is 0 Å². The number of aromatic nitrogens is 2. The molecular formula is C13H21N3O2. The molecule has 0 radical (unpaired) electrons. The molecule has 1 N–H and O–H groups in total. The molecule has 1 heterocycles. The molecule has 1 aliphatic rings. The van der Waals surface area contributed by atoms with Gasteiger partial charge in [-0.05, 0) is 12.8 Å². The molecule has 5 nitrogen and oxygen atoms in total. The predicted octanol–water partition coefficient (Wildman–Crippen LogP) is 1.47. The molecule has 1 fully saturated rings. The Balaban J connectivity index is 2.13. The Morgan fingerprint density at radius 1 is 1.33 bits per heavy atom. The van der Waals surface area contributed by atoms with Gasteiger partial charge in [-0.25, -0.2) is 9.97 Å². The van der Waals surface area contributed by atoms with Crippen LogP contribution >= 0.6 is 0 Å². The summed E-state index contributed by atoms with van der Waals surface area (Å²) in [7, 11) is 3.57. The summed E-state index contributed by atoms with van der Waals surface area (Å²) in [6.07, 6.45) is 7.84. The van der Waals surface area contributed by atoms with Crippen molar-refractivity contribution < 1.29 is 9.84 Å². The molecule has 2 rings (SSSR count). The van der Waals surface area contributed by atoms with Crippen molar-refractivity contribution in [2.75, 3.05) is 32.2 Å². The van der Waals surface area contributed by atoms with Crippen molar-refractivity contribution in [1.29, 1.82) is 0 Å². The molecule has 1 saturated carbocycles. The van der Waals surface area contributed by atoms with E-state index in [-0.39, 0.29) is 12.0 Å². The highest BCUT2D eigenvalue weighted by atomic mass is 16.5. The standard InChI is InChI=1S/C13H21N3O2/c1-16(9-13(10-17)5-3-4-6-13)11-12(18-2)15-8-7-14-11/h7-8,17H,3-6,9-10H2,1-2H3. The van der Waals surface area contributed by atoms with Crippen molar-refractivity contribution in [3.05, 3.63) is 12.4 Å². The van der Waals surface area contributed by atoms with Crippen LogP contribution in [-0.2, 0) is 0 Å². The molecule has 0 aliphatic heterocycles. The lowest BCUT2D eigenvalue weighted by molar-refractivity contribution is 0.136. The summed E-state index contributed by atoms with van der Waals surface area (Å²) in [4.78, 5) is 10.5. The van der Waals surface area contributed by atoms with Crippen molar-refractivity contribution >= 4 is 5.82 Å². The molecule has 0 spiro atoms. The number of aliphatic hydroxyl groups excluding tert-OH is 1. The van der Waals surface area contributed by atoms with Crippen LogP contribution in [0.5, 0.6) is 5.88 Å². The minimum absolute atomic E-state index is 0.0112. The first-order chi connectivity index (χ1) is 8.71. The van der Waals surface area contributed by atoms with Gasteiger partial charge in [0.05, 0.1) is 13.7 Å². The van der Waals surface area contributed by atoms with Crippen LogP contribution in [0.1, 0.15) is 25.7 Å². The lowest BCUT2D eigenvalue weighted by Crippen LogP contribution is -2.37. The Bertz CT molecular complexity index is 392. The molecule has 1 aliphatic carbocycles. The van der Waals surface area contributed by atoms with E-state index in [9.17, 15) is 5.11 Å². The summed E-state index contributed by atoms with van der Waals surface area (Å²) < 4.78 is 5.22. The van der Waals surface area contributed by atoms with Crippen LogP contribution in [0.4, 0.5) is 5.82 Å². The minimum Gasteiger partial charge on any atom is -0.478 e. The minimum atomic E-state index is 0.0112. The van der Waals surface area contributed by atoms with Gasteiger partial charge in [-0.3, -0.25) is 0 Å². The van der Waals surface area contributed by atoms with Crippen LogP contribution < -0.4 is 9.64 Å². The fraction of sp³-hybridized carbons (Fsp3) is 0.692. The van der Waals surface area contributed by atoms with E-state index in [1.807, 2.05) is 11.9 Å². The fourth-order valence-electron chi connectivity index (χ4n) is 2.79. The second-order valence-corrected chi connectivity index (χ2v) is 5.11. The molecule has 0 bridgehead atoms. The Morgan fingerprint density at radius 3 is 2.61 bits per heavy atom. The quantitative estimate of drug-likeness (QED) is 0.859. The first-order valence-electron chi connectivity index (χ1n) is 6.38. The number of nitrogens with zero attached hydrogens (tertiary/aromatic N) is 3. The molecule has 100 valence electrons. The Labute approximate surface area is 108 Å². The van der Waals surface area contributed by atoms with E-state index in [0.29, 0.717) is 5.88 Å².